The van der Waals surface area contributed by atoms with Crippen molar-refractivity contribution < 1.29 is 0 Å². The molecule has 0 saturated heterocycles. The monoisotopic (exact) mass is 896 g/mol. The Kier molecular flexibility index (Phi) is 11.1. The Balaban J connectivity index is 0.869. The lowest BCUT2D eigenvalue weighted by Crippen LogP contribution is -2.10. The highest BCUT2D eigenvalue weighted by atomic mass is 15.1. The smallest absolute Gasteiger partial charge is 0.164 e. The first-order chi connectivity index (χ1) is 34.7. The normalized spacial score (nSPS) is 11.1. The molecule has 0 bridgehead atoms. The fraction of sp³-hybridized carbons (Fsp3) is 0. The summed E-state index contributed by atoms with van der Waals surface area (Å²) < 4.78 is 2.18. The zero-order valence-electron chi connectivity index (χ0n) is 38.1. The van der Waals surface area contributed by atoms with Crippen LogP contribution in [0.1, 0.15) is 0 Å². The van der Waals surface area contributed by atoms with Crippen LogP contribution in [0.5, 0.6) is 0 Å². The summed E-state index contributed by atoms with van der Waals surface area (Å²) >= 11 is 0. The van der Waals surface area contributed by atoms with Gasteiger partial charge in [-0.1, -0.05) is 212 Å². The third-order valence-corrected chi connectivity index (χ3v) is 12.7. The molecule has 0 N–H and O–H groups in total. The SMILES string of the molecule is c1ccc(-c2ccc(-c3nc(-c4ccc(-c5ccccc5)cc4)nc(-c4ccc(-c5ccc(N(c6ccccc6)c6cccc(-c7c(-c8ccccc8)nc8ccccn78)c6)cc5)cc4)n3)cc2)cc1. The second-order valence-electron chi connectivity index (χ2n) is 17.1. The number of imidazole rings is 1. The van der Waals surface area contributed by atoms with Crippen LogP contribution in [0.2, 0.25) is 0 Å². The average Bonchev–Trinajstić information content (AvgIpc) is 3.84. The van der Waals surface area contributed by atoms with Crippen molar-refractivity contribution in [2.75, 3.05) is 4.90 Å². The minimum absolute atomic E-state index is 0.613. The van der Waals surface area contributed by atoms with E-state index in [1.807, 2.05) is 24.3 Å². The summed E-state index contributed by atoms with van der Waals surface area (Å²) in [6.07, 6.45) is 2.09. The molecule has 0 spiro atoms. The fourth-order valence-corrected chi connectivity index (χ4v) is 9.15. The van der Waals surface area contributed by atoms with Gasteiger partial charge in [0.1, 0.15) is 5.65 Å². The van der Waals surface area contributed by atoms with E-state index >= 15 is 0 Å². The third-order valence-electron chi connectivity index (χ3n) is 12.7. The summed E-state index contributed by atoms with van der Waals surface area (Å²) in [5, 5.41) is 0. The molecule has 0 radical (unpaired) electrons. The van der Waals surface area contributed by atoms with Crippen LogP contribution in [0.4, 0.5) is 17.1 Å². The van der Waals surface area contributed by atoms with Crippen molar-refractivity contribution in [2.24, 2.45) is 0 Å². The molecule has 12 aromatic rings. The first-order valence-corrected chi connectivity index (χ1v) is 23.5. The molecule has 0 aliphatic heterocycles. The molecule has 0 aliphatic rings. The summed E-state index contributed by atoms with van der Waals surface area (Å²) in [7, 11) is 0. The third kappa shape index (κ3) is 8.42. The minimum Gasteiger partial charge on any atom is -0.310 e. The Hall–Kier alpha value is -9.52. The van der Waals surface area contributed by atoms with Crippen molar-refractivity contribution in [3.63, 3.8) is 0 Å². The van der Waals surface area contributed by atoms with E-state index in [4.69, 9.17) is 19.9 Å². The molecule has 0 fully saturated rings. The Labute approximate surface area is 407 Å². The van der Waals surface area contributed by atoms with Crippen molar-refractivity contribution in [2.45, 2.75) is 0 Å². The Bertz CT molecular complexity index is 3610. The number of aromatic nitrogens is 5. The Morgan fingerprint density at radius 3 is 1.10 bits per heavy atom. The lowest BCUT2D eigenvalue weighted by Gasteiger charge is -2.26. The van der Waals surface area contributed by atoms with Gasteiger partial charge in [-0.05, 0) is 81.9 Å². The molecule has 0 saturated carbocycles. The Morgan fingerprint density at radius 1 is 0.257 bits per heavy atom. The predicted octanol–water partition coefficient (Wildman–Crippen LogP) is 16.3. The molecule has 0 unspecified atom stereocenters. The number of pyridine rings is 1. The number of rotatable bonds is 11. The number of para-hydroxylation sites is 1. The van der Waals surface area contributed by atoms with E-state index in [9.17, 15) is 0 Å². The zero-order chi connectivity index (χ0) is 46.6. The van der Waals surface area contributed by atoms with Gasteiger partial charge in [0.25, 0.3) is 0 Å². The molecule has 3 aromatic heterocycles. The molecule has 0 aliphatic carbocycles. The maximum absolute atomic E-state index is 5.11. The van der Waals surface area contributed by atoms with E-state index in [-0.39, 0.29) is 0 Å². The fourth-order valence-electron chi connectivity index (χ4n) is 9.15. The van der Waals surface area contributed by atoms with Crippen molar-refractivity contribution in [3.8, 4) is 90.1 Å². The maximum Gasteiger partial charge on any atom is 0.164 e. The van der Waals surface area contributed by atoms with Gasteiger partial charge in [0.15, 0.2) is 17.5 Å². The van der Waals surface area contributed by atoms with E-state index in [2.05, 4.69) is 252 Å². The summed E-state index contributed by atoms with van der Waals surface area (Å²) in [5.41, 5.74) is 17.8. The second-order valence-corrected chi connectivity index (χ2v) is 17.1. The number of hydrogen-bond acceptors (Lipinski definition) is 5. The number of fused-ring (bicyclic) bond motifs is 1. The molecule has 9 aromatic carbocycles. The zero-order valence-corrected chi connectivity index (χ0v) is 38.1. The summed E-state index contributed by atoms with van der Waals surface area (Å²) in [4.78, 5) is 22.6. The van der Waals surface area contributed by atoms with Crippen LogP contribution in [0, 0.1) is 0 Å². The predicted molar refractivity (Wildman–Crippen MR) is 287 cm³/mol. The first kappa shape index (κ1) is 41.9. The molecule has 0 atom stereocenters. The van der Waals surface area contributed by atoms with Crippen molar-refractivity contribution in [3.05, 3.63) is 267 Å². The lowest BCUT2D eigenvalue weighted by molar-refractivity contribution is 1.07. The maximum atomic E-state index is 5.11. The molecule has 70 heavy (non-hydrogen) atoms. The van der Waals surface area contributed by atoms with Crippen LogP contribution < -0.4 is 4.90 Å². The quantitative estimate of drug-likeness (QED) is 0.129. The average molecular weight is 897 g/mol. The van der Waals surface area contributed by atoms with E-state index in [0.29, 0.717) is 17.5 Å². The topological polar surface area (TPSA) is 59.2 Å². The standard InChI is InChI=1S/C64H44N6/c1-5-16-45(17-6-1)47-27-33-52(34-28-47)62-66-63(53-35-29-48(30-36-53)46-18-7-2-8-19-46)68-64(67-62)54-37-31-49(32-38-54)50-39-41-57(42-40-50)70(56-23-11-4-12-24-56)58-25-15-22-55(44-58)61-60(51-20-9-3-10-21-51)65-59-26-13-14-43-69(59)61/h1-44H. The molecule has 6 heteroatoms. The Morgan fingerprint density at radius 2 is 0.614 bits per heavy atom. The highest BCUT2D eigenvalue weighted by Gasteiger charge is 2.19. The largest absolute Gasteiger partial charge is 0.310 e. The van der Waals surface area contributed by atoms with Crippen LogP contribution in [0.15, 0.2) is 267 Å². The lowest BCUT2D eigenvalue weighted by atomic mass is 10.0. The highest BCUT2D eigenvalue weighted by molar-refractivity contribution is 5.86. The van der Waals surface area contributed by atoms with Gasteiger partial charge in [-0.3, -0.25) is 4.40 Å². The van der Waals surface area contributed by atoms with Gasteiger partial charge < -0.3 is 4.90 Å². The van der Waals surface area contributed by atoms with Crippen LogP contribution >= 0.6 is 0 Å². The molecule has 3 heterocycles. The molecule has 12 rings (SSSR count). The van der Waals surface area contributed by atoms with Gasteiger partial charge >= 0.3 is 0 Å². The van der Waals surface area contributed by atoms with Crippen LogP contribution in [-0.2, 0) is 0 Å². The van der Waals surface area contributed by atoms with Crippen molar-refractivity contribution in [1.29, 1.82) is 0 Å². The van der Waals surface area contributed by atoms with E-state index in [0.717, 1.165) is 95.3 Å². The number of nitrogens with zero attached hydrogens (tertiary/aromatic N) is 6. The van der Waals surface area contributed by atoms with Crippen molar-refractivity contribution >= 4 is 22.7 Å². The first-order valence-electron chi connectivity index (χ1n) is 23.5. The molecular weight excluding hydrogens is 853 g/mol. The van der Waals surface area contributed by atoms with E-state index in [1.165, 1.54) is 0 Å². The van der Waals surface area contributed by atoms with E-state index in [1.54, 1.807) is 0 Å². The van der Waals surface area contributed by atoms with Gasteiger partial charge in [0.2, 0.25) is 0 Å². The van der Waals surface area contributed by atoms with E-state index < -0.39 is 0 Å². The van der Waals surface area contributed by atoms with Gasteiger partial charge in [-0.25, -0.2) is 19.9 Å². The van der Waals surface area contributed by atoms with Crippen LogP contribution in [0.3, 0.4) is 0 Å². The van der Waals surface area contributed by atoms with Gasteiger partial charge in [0, 0.05) is 51.1 Å². The summed E-state index contributed by atoms with van der Waals surface area (Å²) in [6.45, 7) is 0. The highest BCUT2D eigenvalue weighted by Crippen LogP contribution is 2.40. The van der Waals surface area contributed by atoms with Crippen molar-refractivity contribution in [1.82, 2.24) is 24.3 Å². The van der Waals surface area contributed by atoms with Gasteiger partial charge in [0.05, 0.1) is 11.4 Å². The molecular formula is C64H44N6. The number of benzene rings is 9. The molecule has 330 valence electrons. The van der Waals surface area contributed by atoms with Crippen LogP contribution in [0.25, 0.3) is 95.7 Å². The summed E-state index contributed by atoms with van der Waals surface area (Å²) in [5.74, 6) is 1.85. The molecule has 0 amide bonds. The second kappa shape index (κ2) is 18.6. The summed E-state index contributed by atoms with van der Waals surface area (Å²) in [6, 6.07) is 90.8. The number of anilines is 3. The van der Waals surface area contributed by atoms with Gasteiger partial charge in [-0.15, -0.1) is 0 Å². The van der Waals surface area contributed by atoms with Crippen LogP contribution in [-0.4, -0.2) is 24.3 Å². The number of hydrogen-bond donors (Lipinski definition) is 0. The minimum atomic E-state index is 0.613. The van der Waals surface area contributed by atoms with Gasteiger partial charge in [-0.2, -0.15) is 0 Å². The molecule has 6 nitrogen and oxygen atoms in total.